The molecule has 2 aromatic rings. The second kappa shape index (κ2) is 6.03. The largest absolute Gasteiger partial charge is 0.320 e. The maximum Gasteiger partial charge on any atom is 0.148 e. The van der Waals surface area contributed by atoms with Crippen LogP contribution in [0.3, 0.4) is 0 Å². The highest BCUT2D eigenvalue weighted by Crippen LogP contribution is 2.33. The lowest BCUT2D eigenvalue weighted by Gasteiger charge is -2.16. The molecule has 0 aromatic heterocycles. The molecular formula is C13H8BrClF2IN. The Bertz CT molecular complexity index is 636. The zero-order valence-corrected chi connectivity index (χ0v) is 13.9. The molecule has 19 heavy (non-hydrogen) atoms. The van der Waals surface area contributed by atoms with E-state index in [1.807, 2.05) is 22.6 Å². The molecule has 0 saturated heterocycles. The Balaban J connectivity index is 2.50. The van der Waals surface area contributed by atoms with Crippen LogP contribution in [0.15, 0.2) is 34.8 Å². The average molecular weight is 458 g/mol. The van der Waals surface area contributed by atoms with Gasteiger partial charge in [0.05, 0.1) is 11.1 Å². The van der Waals surface area contributed by atoms with E-state index in [2.05, 4.69) is 15.9 Å². The molecule has 0 heterocycles. The molecule has 0 aliphatic carbocycles. The quantitative estimate of drug-likeness (QED) is 0.496. The minimum Gasteiger partial charge on any atom is -0.320 e. The van der Waals surface area contributed by atoms with Gasteiger partial charge in [0.1, 0.15) is 11.6 Å². The second-order valence-electron chi connectivity index (χ2n) is 3.91. The third-order valence-corrected chi connectivity index (χ3v) is 4.89. The molecule has 0 fully saturated rings. The van der Waals surface area contributed by atoms with E-state index in [-0.39, 0.29) is 16.4 Å². The normalized spacial score (nSPS) is 12.5. The van der Waals surface area contributed by atoms with E-state index in [1.54, 1.807) is 18.2 Å². The van der Waals surface area contributed by atoms with E-state index in [1.165, 1.54) is 12.1 Å². The number of hydrogen-bond donors (Lipinski definition) is 1. The molecule has 1 unspecified atom stereocenters. The summed E-state index contributed by atoms with van der Waals surface area (Å²) in [5.41, 5.74) is 6.97. The van der Waals surface area contributed by atoms with Crippen molar-refractivity contribution in [3.63, 3.8) is 0 Å². The molecule has 0 amide bonds. The molecule has 0 spiro atoms. The van der Waals surface area contributed by atoms with Gasteiger partial charge >= 0.3 is 0 Å². The third-order valence-electron chi connectivity index (χ3n) is 2.70. The van der Waals surface area contributed by atoms with Gasteiger partial charge in [-0.15, -0.1) is 0 Å². The van der Waals surface area contributed by atoms with Crippen LogP contribution in [0.2, 0.25) is 5.02 Å². The van der Waals surface area contributed by atoms with E-state index < -0.39 is 11.9 Å². The molecule has 1 atom stereocenters. The number of benzene rings is 2. The summed E-state index contributed by atoms with van der Waals surface area (Å²) in [6.45, 7) is 0. The lowest BCUT2D eigenvalue weighted by Crippen LogP contribution is -2.15. The minimum atomic E-state index is -0.696. The Morgan fingerprint density at radius 3 is 2.42 bits per heavy atom. The van der Waals surface area contributed by atoms with Crippen molar-refractivity contribution in [2.24, 2.45) is 5.73 Å². The van der Waals surface area contributed by atoms with Crippen LogP contribution in [0, 0.1) is 15.2 Å². The third kappa shape index (κ3) is 3.09. The summed E-state index contributed by atoms with van der Waals surface area (Å²) in [5, 5.41) is -0.00919. The van der Waals surface area contributed by atoms with Crippen LogP contribution in [0.1, 0.15) is 17.2 Å². The summed E-state index contributed by atoms with van der Waals surface area (Å²) in [7, 11) is 0. The first kappa shape index (κ1) is 15.2. The molecule has 0 aliphatic rings. The average Bonchev–Trinajstić information content (AvgIpc) is 2.35. The summed E-state index contributed by atoms with van der Waals surface area (Å²) >= 11 is 11.0. The van der Waals surface area contributed by atoms with Crippen LogP contribution >= 0.6 is 50.1 Å². The zero-order chi connectivity index (χ0) is 14.2. The molecule has 6 heteroatoms. The Hall–Kier alpha value is -0.240. The van der Waals surface area contributed by atoms with Gasteiger partial charge < -0.3 is 5.73 Å². The highest BCUT2D eigenvalue weighted by atomic mass is 127. The summed E-state index contributed by atoms with van der Waals surface area (Å²) in [6, 6.07) is 6.71. The van der Waals surface area contributed by atoms with Crippen LogP contribution in [-0.4, -0.2) is 0 Å². The molecule has 0 bridgehead atoms. The first-order valence-corrected chi connectivity index (χ1v) is 7.50. The topological polar surface area (TPSA) is 26.0 Å². The number of nitrogens with two attached hydrogens (primary N) is 1. The summed E-state index contributed by atoms with van der Waals surface area (Å²) in [5.74, 6) is -0.918. The van der Waals surface area contributed by atoms with Crippen molar-refractivity contribution >= 4 is 50.1 Å². The van der Waals surface area contributed by atoms with Gasteiger partial charge in [-0.2, -0.15) is 0 Å². The maximum absolute atomic E-state index is 14.1. The lowest BCUT2D eigenvalue weighted by molar-refractivity contribution is 0.597. The number of hydrogen-bond acceptors (Lipinski definition) is 1. The van der Waals surface area contributed by atoms with Crippen LogP contribution in [0.4, 0.5) is 8.78 Å². The van der Waals surface area contributed by atoms with Crippen molar-refractivity contribution < 1.29 is 8.78 Å². The van der Waals surface area contributed by atoms with Gasteiger partial charge in [-0.1, -0.05) is 23.7 Å². The predicted molar refractivity (Wildman–Crippen MR) is 84.3 cm³/mol. The van der Waals surface area contributed by atoms with Crippen LogP contribution < -0.4 is 5.73 Å². The molecular weight excluding hydrogens is 450 g/mol. The van der Waals surface area contributed by atoms with E-state index >= 15 is 0 Å². The Labute approximate surface area is 136 Å². The number of halogens is 5. The van der Waals surface area contributed by atoms with Crippen molar-refractivity contribution in [1.82, 2.24) is 0 Å². The predicted octanol–water partition coefficient (Wildman–Crippen LogP) is 5.03. The van der Waals surface area contributed by atoms with E-state index in [9.17, 15) is 8.78 Å². The lowest BCUT2D eigenvalue weighted by atomic mass is 9.99. The van der Waals surface area contributed by atoms with Crippen molar-refractivity contribution in [2.75, 3.05) is 0 Å². The fourth-order valence-corrected chi connectivity index (χ4v) is 2.99. The monoisotopic (exact) mass is 457 g/mol. The highest BCUT2D eigenvalue weighted by molar-refractivity contribution is 14.1. The van der Waals surface area contributed by atoms with Gasteiger partial charge in [-0.25, -0.2) is 8.78 Å². The fourth-order valence-electron chi connectivity index (χ4n) is 1.70. The first-order chi connectivity index (χ1) is 8.91. The van der Waals surface area contributed by atoms with Gasteiger partial charge in [0.25, 0.3) is 0 Å². The molecule has 2 aromatic carbocycles. The SMILES string of the molecule is NC(c1ccc(F)cc1I)c1ccc(Br)c(Cl)c1F. The molecule has 0 saturated carbocycles. The Kier molecular flexibility index (Phi) is 4.81. The van der Waals surface area contributed by atoms with Gasteiger partial charge in [0, 0.05) is 13.6 Å². The molecule has 2 rings (SSSR count). The summed E-state index contributed by atoms with van der Waals surface area (Å²) in [4.78, 5) is 0. The van der Waals surface area contributed by atoms with Crippen molar-refractivity contribution in [3.05, 3.63) is 66.2 Å². The second-order valence-corrected chi connectivity index (χ2v) is 6.30. The van der Waals surface area contributed by atoms with E-state index in [4.69, 9.17) is 17.3 Å². The van der Waals surface area contributed by atoms with Crippen molar-refractivity contribution in [2.45, 2.75) is 6.04 Å². The number of rotatable bonds is 2. The van der Waals surface area contributed by atoms with E-state index in [0.29, 0.717) is 13.6 Å². The molecule has 0 aliphatic heterocycles. The Morgan fingerprint density at radius 1 is 1.16 bits per heavy atom. The smallest absolute Gasteiger partial charge is 0.148 e. The first-order valence-electron chi connectivity index (χ1n) is 5.25. The van der Waals surface area contributed by atoms with Crippen LogP contribution in [0.5, 0.6) is 0 Å². The summed E-state index contributed by atoms with van der Waals surface area (Å²) in [6.07, 6.45) is 0. The van der Waals surface area contributed by atoms with Gasteiger partial charge in [0.15, 0.2) is 0 Å². The van der Waals surface area contributed by atoms with Crippen LogP contribution in [-0.2, 0) is 0 Å². The molecule has 0 radical (unpaired) electrons. The standard InChI is InChI=1S/C13H8BrClF2IN/c14-9-4-3-8(12(17)11(9)15)13(19)7-2-1-6(16)5-10(7)18/h1-5,13H,19H2. The summed E-state index contributed by atoms with van der Waals surface area (Å²) < 4.78 is 28.3. The molecule has 2 N–H and O–H groups in total. The van der Waals surface area contributed by atoms with E-state index in [0.717, 1.165) is 0 Å². The van der Waals surface area contributed by atoms with Crippen LogP contribution in [0.25, 0.3) is 0 Å². The fraction of sp³-hybridized carbons (Fsp3) is 0.0769. The van der Waals surface area contributed by atoms with Gasteiger partial charge in [-0.3, -0.25) is 0 Å². The van der Waals surface area contributed by atoms with Gasteiger partial charge in [0.2, 0.25) is 0 Å². The zero-order valence-electron chi connectivity index (χ0n) is 9.43. The maximum atomic E-state index is 14.1. The highest BCUT2D eigenvalue weighted by Gasteiger charge is 2.19. The molecule has 1 nitrogen and oxygen atoms in total. The van der Waals surface area contributed by atoms with Crippen molar-refractivity contribution in [3.8, 4) is 0 Å². The minimum absolute atomic E-state index is 0.00919. The molecule has 100 valence electrons. The van der Waals surface area contributed by atoms with Crippen molar-refractivity contribution in [1.29, 1.82) is 0 Å². The Morgan fingerprint density at radius 2 is 1.79 bits per heavy atom. The van der Waals surface area contributed by atoms with Gasteiger partial charge in [-0.05, 0) is 62.3 Å².